The summed E-state index contributed by atoms with van der Waals surface area (Å²) < 4.78 is 37.2. The van der Waals surface area contributed by atoms with Gasteiger partial charge in [-0.05, 0) is 51.0 Å². The molecule has 0 amide bonds. The highest BCUT2D eigenvalue weighted by Gasteiger charge is 2.59. The van der Waals surface area contributed by atoms with Crippen molar-refractivity contribution >= 4 is 0 Å². The molecule has 2 aliphatic carbocycles. The Balaban J connectivity index is 1.33. The first kappa shape index (κ1) is 20.8. The van der Waals surface area contributed by atoms with E-state index in [1.165, 1.54) is 25.1 Å². The Morgan fingerprint density at radius 2 is 1.94 bits per heavy atom. The van der Waals surface area contributed by atoms with Gasteiger partial charge in [0.2, 0.25) is 0 Å². The Bertz CT molecular complexity index is 901. The van der Waals surface area contributed by atoms with Gasteiger partial charge in [0.15, 0.2) is 5.82 Å². The van der Waals surface area contributed by atoms with Crippen LogP contribution in [0.2, 0.25) is 0 Å². The van der Waals surface area contributed by atoms with E-state index in [0.29, 0.717) is 35.2 Å². The third-order valence-corrected chi connectivity index (χ3v) is 6.83. The maximum Gasteiger partial charge on any atom is 0.387 e. The zero-order valence-electron chi connectivity index (χ0n) is 18.0. The van der Waals surface area contributed by atoms with Crippen LogP contribution in [0.3, 0.4) is 0 Å². The summed E-state index contributed by atoms with van der Waals surface area (Å²) in [7, 11) is 0. The summed E-state index contributed by atoms with van der Waals surface area (Å²) in [5, 5.41) is 4.71. The Hall–Kier alpha value is -2.13. The van der Waals surface area contributed by atoms with Gasteiger partial charge in [-0.2, -0.15) is 13.9 Å². The molecule has 0 aromatic carbocycles. The Morgan fingerprint density at radius 1 is 1.13 bits per heavy atom. The highest BCUT2D eigenvalue weighted by atomic mass is 19.3. The van der Waals surface area contributed by atoms with Crippen molar-refractivity contribution in [2.45, 2.75) is 57.7 Å². The summed E-state index contributed by atoms with van der Waals surface area (Å²) in [4.78, 5) is 11.5. The lowest BCUT2D eigenvalue weighted by Crippen LogP contribution is -2.36. The van der Waals surface area contributed by atoms with E-state index < -0.39 is 6.61 Å². The molecule has 2 unspecified atom stereocenters. The maximum absolute atomic E-state index is 12.6. The number of fused-ring (bicyclic) bond motifs is 1. The summed E-state index contributed by atoms with van der Waals surface area (Å²) >= 11 is 0. The molecule has 4 atom stereocenters. The molecule has 5 rings (SSSR count). The number of aromatic nitrogens is 4. The second kappa shape index (κ2) is 8.43. The fourth-order valence-corrected chi connectivity index (χ4v) is 5.40. The first-order valence-corrected chi connectivity index (χ1v) is 11.2. The quantitative estimate of drug-likeness (QED) is 0.692. The van der Waals surface area contributed by atoms with E-state index in [1.54, 1.807) is 6.20 Å². The van der Waals surface area contributed by atoms with Crippen LogP contribution in [0.25, 0.3) is 11.4 Å². The number of ether oxygens (including phenoxy) is 2. The number of nitrogens with zero attached hydrogens (tertiary/aromatic N) is 5. The number of rotatable bonds is 6. The van der Waals surface area contributed by atoms with Gasteiger partial charge in [-0.1, -0.05) is 0 Å². The first-order chi connectivity index (χ1) is 15.0. The summed E-state index contributed by atoms with van der Waals surface area (Å²) in [6.45, 7) is 5.17. The number of hydrogen-bond acceptors (Lipinski definition) is 6. The van der Waals surface area contributed by atoms with Gasteiger partial charge in [-0.25, -0.2) is 9.67 Å². The van der Waals surface area contributed by atoms with Gasteiger partial charge >= 0.3 is 6.61 Å². The van der Waals surface area contributed by atoms with Crippen molar-refractivity contribution in [3.05, 3.63) is 24.3 Å². The van der Waals surface area contributed by atoms with E-state index in [1.807, 2.05) is 4.68 Å². The van der Waals surface area contributed by atoms with Crippen molar-refractivity contribution in [2.75, 3.05) is 26.3 Å². The van der Waals surface area contributed by atoms with Crippen molar-refractivity contribution in [1.29, 1.82) is 0 Å². The van der Waals surface area contributed by atoms with Gasteiger partial charge in [0.25, 0.3) is 0 Å². The van der Waals surface area contributed by atoms with Crippen LogP contribution in [0, 0.1) is 11.8 Å². The van der Waals surface area contributed by atoms with E-state index in [-0.39, 0.29) is 11.8 Å². The lowest BCUT2D eigenvalue weighted by molar-refractivity contribution is -0.0500. The van der Waals surface area contributed by atoms with Crippen LogP contribution in [0.4, 0.5) is 8.78 Å². The molecule has 0 bridgehead atoms. The van der Waals surface area contributed by atoms with E-state index in [2.05, 4.69) is 28.5 Å². The molecule has 3 heterocycles. The van der Waals surface area contributed by atoms with Crippen LogP contribution in [-0.2, 0) is 4.74 Å². The average molecular weight is 434 g/mol. The van der Waals surface area contributed by atoms with E-state index in [4.69, 9.17) is 14.8 Å². The van der Waals surface area contributed by atoms with Crippen molar-refractivity contribution in [2.24, 2.45) is 11.8 Å². The molecule has 3 fully saturated rings. The van der Waals surface area contributed by atoms with Crippen molar-refractivity contribution in [3.8, 4) is 17.1 Å². The molecule has 7 nitrogen and oxygen atoms in total. The van der Waals surface area contributed by atoms with Crippen molar-refractivity contribution in [1.82, 2.24) is 24.6 Å². The molecule has 2 aromatic rings. The second-order valence-corrected chi connectivity index (χ2v) is 9.10. The number of alkyl halides is 2. The number of pyridine rings is 1. The van der Waals surface area contributed by atoms with Crippen LogP contribution in [0.1, 0.15) is 50.9 Å². The predicted molar refractivity (Wildman–Crippen MR) is 110 cm³/mol. The third-order valence-electron chi connectivity index (χ3n) is 6.83. The standard InChI is InChI=1S/C22H29F2N5O2/c1-13(2)29-21(26-20(27-29)14-8-16(12-25-11-14)31-22(23)24)19-17-9-15(10-18(17)19)28-4-3-6-30-7-5-28/h8,11-13,15,17-19,22H,3-7,9-10H2,1-2H3/t15?,17-,18+,19?. The predicted octanol–water partition coefficient (Wildman–Crippen LogP) is 3.74. The Morgan fingerprint density at radius 3 is 2.68 bits per heavy atom. The molecule has 31 heavy (non-hydrogen) atoms. The van der Waals surface area contributed by atoms with Crippen LogP contribution >= 0.6 is 0 Å². The second-order valence-electron chi connectivity index (χ2n) is 9.10. The van der Waals surface area contributed by atoms with Gasteiger partial charge < -0.3 is 9.47 Å². The molecule has 0 N–H and O–H groups in total. The van der Waals surface area contributed by atoms with Gasteiger partial charge in [0.05, 0.1) is 12.8 Å². The molecule has 1 aliphatic heterocycles. The highest BCUT2D eigenvalue weighted by Crippen LogP contribution is 2.63. The van der Waals surface area contributed by atoms with E-state index in [9.17, 15) is 8.78 Å². The molecule has 0 spiro atoms. The van der Waals surface area contributed by atoms with Gasteiger partial charge in [0.1, 0.15) is 11.6 Å². The molecular weight excluding hydrogens is 404 g/mol. The average Bonchev–Trinajstić information content (AvgIpc) is 3.07. The normalized spacial score (nSPS) is 28.7. The zero-order chi connectivity index (χ0) is 21.5. The molecule has 1 saturated heterocycles. The summed E-state index contributed by atoms with van der Waals surface area (Å²) in [6.07, 6.45) is 6.38. The monoisotopic (exact) mass is 433 g/mol. The molecule has 2 aromatic heterocycles. The smallest absolute Gasteiger partial charge is 0.387 e. The van der Waals surface area contributed by atoms with Gasteiger partial charge in [0, 0.05) is 49.5 Å². The minimum absolute atomic E-state index is 0.0162. The minimum Gasteiger partial charge on any atom is -0.433 e. The summed E-state index contributed by atoms with van der Waals surface area (Å²) in [6, 6.07) is 2.34. The lowest BCUT2D eigenvalue weighted by Gasteiger charge is -2.28. The maximum atomic E-state index is 12.6. The number of hydrogen-bond donors (Lipinski definition) is 0. The molecule has 2 saturated carbocycles. The van der Waals surface area contributed by atoms with Crippen molar-refractivity contribution < 1.29 is 18.3 Å². The first-order valence-electron chi connectivity index (χ1n) is 11.2. The Labute approximate surface area is 180 Å². The van der Waals surface area contributed by atoms with E-state index in [0.717, 1.165) is 38.5 Å². The fraction of sp³-hybridized carbons (Fsp3) is 0.682. The molecule has 9 heteroatoms. The fourth-order valence-electron chi connectivity index (χ4n) is 5.40. The minimum atomic E-state index is -2.89. The zero-order valence-corrected chi connectivity index (χ0v) is 18.0. The van der Waals surface area contributed by atoms with E-state index >= 15 is 0 Å². The largest absolute Gasteiger partial charge is 0.433 e. The van der Waals surface area contributed by atoms with Crippen LogP contribution in [-0.4, -0.2) is 63.6 Å². The topological polar surface area (TPSA) is 65.3 Å². The lowest BCUT2D eigenvalue weighted by atomic mass is 10.0. The number of halogens is 2. The van der Waals surface area contributed by atoms with Crippen molar-refractivity contribution in [3.63, 3.8) is 0 Å². The van der Waals surface area contributed by atoms with Crippen LogP contribution < -0.4 is 4.74 Å². The highest BCUT2D eigenvalue weighted by molar-refractivity contribution is 5.55. The van der Waals surface area contributed by atoms with Gasteiger partial charge in [-0.3, -0.25) is 9.88 Å². The molecule has 3 aliphatic rings. The summed E-state index contributed by atoms with van der Waals surface area (Å²) in [5.41, 5.74) is 0.590. The molecular formula is C22H29F2N5O2. The third kappa shape index (κ3) is 4.17. The Kier molecular flexibility index (Phi) is 5.64. The van der Waals surface area contributed by atoms with Gasteiger partial charge in [-0.15, -0.1) is 0 Å². The van der Waals surface area contributed by atoms with Crippen LogP contribution in [0.5, 0.6) is 5.75 Å². The van der Waals surface area contributed by atoms with Crippen LogP contribution in [0.15, 0.2) is 18.5 Å². The molecule has 168 valence electrons. The molecule has 0 radical (unpaired) electrons. The summed E-state index contributed by atoms with van der Waals surface area (Å²) in [5.74, 6) is 3.27. The SMILES string of the molecule is CC(C)n1nc(-c2cncc(OC(F)F)c2)nc1C1[C@H]2CC(N3CCCOCC3)C[C@@H]12.